The van der Waals surface area contributed by atoms with E-state index in [0.29, 0.717) is 28.4 Å². The normalized spacial score (nSPS) is 15.4. The average Bonchev–Trinajstić information content (AvgIpc) is 3.10. The molecule has 7 nitrogen and oxygen atoms in total. The number of carbonyl (C=O) groups excluding carboxylic acids is 1. The number of benzene rings is 1. The lowest BCUT2D eigenvalue weighted by molar-refractivity contribution is 0.102. The van der Waals surface area contributed by atoms with Crippen molar-refractivity contribution in [1.82, 2.24) is 4.98 Å². The number of rotatable bonds is 3. The lowest BCUT2D eigenvalue weighted by atomic mass is 9.99. The molecule has 2 aliphatic heterocycles. The number of nitrogens with zero attached hydrogens (tertiary/aromatic N) is 2. The second-order valence-corrected chi connectivity index (χ2v) is 6.82. The van der Waals surface area contributed by atoms with Crippen LogP contribution in [0.3, 0.4) is 0 Å². The first-order valence-corrected chi connectivity index (χ1v) is 8.81. The quantitative estimate of drug-likeness (QED) is 0.726. The van der Waals surface area contributed by atoms with Crippen LogP contribution in [0.4, 0.5) is 17.2 Å². The Bertz CT molecular complexity index is 825. The first-order chi connectivity index (χ1) is 12.6. The van der Waals surface area contributed by atoms with Crippen LogP contribution in [0.25, 0.3) is 0 Å². The number of nitrogens with one attached hydrogen (secondary N) is 1. The van der Waals surface area contributed by atoms with Crippen molar-refractivity contribution in [2.24, 2.45) is 5.92 Å². The van der Waals surface area contributed by atoms with Crippen LogP contribution in [0.15, 0.2) is 30.5 Å². The Balaban J connectivity index is 0.00000140. The summed E-state index contributed by atoms with van der Waals surface area (Å²) in [5.74, 6) is 2.58. The lowest BCUT2D eigenvalue weighted by Crippen LogP contribution is -2.33. The van der Waals surface area contributed by atoms with E-state index in [1.807, 2.05) is 6.07 Å². The summed E-state index contributed by atoms with van der Waals surface area (Å²) in [5, 5.41) is 2.81. The molecule has 0 spiro atoms. The second-order valence-electron chi connectivity index (χ2n) is 6.82. The fraction of sp³-hybridized carbons (Fsp3) is 0.368. The summed E-state index contributed by atoms with van der Waals surface area (Å²) in [6.07, 6.45) is 3.95. The number of ether oxygens (including phenoxy) is 2. The van der Waals surface area contributed by atoms with E-state index in [9.17, 15) is 4.79 Å². The second kappa shape index (κ2) is 9.21. The van der Waals surface area contributed by atoms with Gasteiger partial charge in [-0.15, -0.1) is 24.8 Å². The van der Waals surface area contributed by atoms with Crippen LogP contribution in [0.2, 0.25) is 0 Å². The molecular weight excluding hydrogens is 403 g/mol. The number of amides is 1. The molecular formula is C19H24Cl2N4O3. The highest BCUT2D eigenvalue weighted by Crippen LogP contribution is 2.38. The summed E-state index contributed by atoms with van der Waals surface area (Å²) in [6, 6.07) is 7.01. The monoisotopic (exact) mass is 426 g/mol. The van der Waals surface area contributed by atoms with Crippen molar-refractivity contribution in [3.63, 3.8) is 0 Å². The Kier molecular flexibility index (Phi) is 7.21. The Morgan fingerprint density at radius 2 is 1.86 bits per heavy atom. The number of anilines is 3. The van der Waals surface area contributed by atoms with Gasteiger partial charge < -0.3 is 25.4 Å². The molecule has 9 heteroatoms. The van der Waals surface area contributed by atoms with Gasteiger partial charge in [0.05, 0.1) is 16.9 Å². The Hall–Kier alpha value is -2.38. The molecule has 1 aromatic heterocycles. The van der Waals surface area contributed by atoms with Crippen molar-refractivity contribution in [1.29, 1.82) is 0 Å². The highest BCUT2D eigenvalue weighted by atomic mass is 35.5. The number of nitrogens with two attached hydrogens (primary N) is 1. The summed E-state index contributed by atoms with van der Waals surface area (Å²) >= 11 is 0. The van der Waals surface area contributed by atoms with Gasteiger partial charge in [0.2, 0.25) is 6.79 Å². The zero-order valence-corrected chi connectivity index (χ0v) is 17.1. The van der Waals surface area contributed by atoms with Crippen LogP contribution in [-0.4, -0.2) is 30.8 Å². The molecule has 28 heavy (non-hydrogen) atoms. The molecule has 1 saturated heterocycles. The Morgan fingerprint density at radius 1 is 1.18 bits per heavy atom. The summed E-state index contributed by atoms with van der Waals surface area (Å²) in [7, 11) is 0. The maximum Gasteiger partial charge on any atom is 0.257 e. The third-order valence-electron chi connectivity index (χ3n) is 4.91. The average molecular weight is 427 g/mol. The van der Waals surface area contributed by atoms with Gasteiger partial charge in [0.1, 0.15) is 5.82 Å². The third kappa shape index (κ3) is 4.54. The van der Waals surface area contributed by atoms with Crippen LogP contribution in [0, 0.1) is 5.92 Å². The van der Waals surface area contributed by atoms with Crippen molar-refractivity contribution < 1.29 is 14.3 Å². The minimum Gasteiger partial charge on any atom is -0.454 e. The number of hydrogen-bond acceptors (Lipinski definition) is 6. The van der Waals surface area contributed by atoms with Crippen LogP contribution in [0.1, 0.15) is 30.1 Å². The van der Waals surface area contributed by atoms with Gasteiger partial charge in [-0.05, 0) is 30.9 Å². The first kappa shape index (κ1) is 21.9. The van der Waals surface area contributed by atoms with E-state index < -0.39 is 0 Å². The molecule has 3 heterocycles. The molecule has 0 unspecified atom stereocenters. The number of carbonyl (C=O) groups is 1. The Morgan fingerprint density at radius 3 is 2.50 bits per heavy atom. The molecule has 0 radical (unpaired) electrons. The molecule has 2 aromatic rings. The largest absolute Gasteiger partial charge is 0.454 e. The number of aromatic nitrogens is 1. The highest BCUT2D eigenvalue weighted by Gasteiger charge is 2.19. The van der Waals surface area contributed by atoms with Gasteiger partial charge in [0.25, 0.3) is 5.91 Å². The van der Waals surface area contributed by atoms with Crippen molar-refractivity contribution >= 4 is 47.9 Å². The van der Waals surface area contributed by atoms with E-state index >= 15 is 0 Å². The highest BCUT2D eigenvalue weighted by molar-refractivity contribution is 6.06. The molecule has 4 rings (SSSR count). The van der Waals surface area contributed by atoms with E-state index in [1.54, 1.807) is 24.4 Å². The van der Waals surface area contributed by atoms with Crippen LogP contribution < -0.4 is 25.4 Å². The van der Waals surface area contributed by atoms with E-state index in [4.69, 9.17) is 15.2 Å². The molecule has 152 valence electrons. The maximum absolute atomic E-state index is 12.5. The minimum absolute atomic E-state index is 0. The van der Waals surface area contributed by atoms with E-state index in [-0.39, 0.29) is 37.5 Å². The van der Waals surface area contributed by atoms with Gasteiger partial charge in [-0.3, -0.25) is 4.79 Å². The van der Waals surface area contributed by atoms with Gasteiger partial charge in [-0.1, -0.05) is 6.92 Å². The summed E-state index contributed by atoms with van der Waals surface area (Å²) in [6.45, 7) is 4.45. The molecule has 2 aliphatic rings. The smallest absolute Gasteiger partial charge is 0.257 e. The van der Waals surface area contributed by atoms with Crippen molar-refractivity contribution in [3.05, 3.63) is 36.0 Å². The zero-order valence-electron chi connectivity index (χ0n) is 15.5. The molecule has 1 aromatic carbocycles. The van der Waals surface area contributed by atoms with E-state index in [2.05, 4.69) is 22.1 Å². The number of nitrogen functional groups attached to an aromatic ring is 1. The molecule has 0 atom stereocenters. The predicted molar refractivity (Wildman–Crippen MR) is 114 cm³/mol. The van der Waals surface area contributed by atoms with Crippen LogP contribution in [0.5, 0.6) is 11.5 Å². The van der Waals surface area contributed by atoms with E-state index in [0.717, 1.165) is 24.8 Å². The number of piperidine rings is 1. The maximum atomic E-state index is 12.5. The van der Waals surface area contributed by atoms with Gasteiger partial charge in [-0.25, -0.2) is 4.98 Å². The standard InChI is InChI=1S/C19H22N4O3.2ClH/c1-12-4-6-23(7-5-12)18-3-2-13(10-21-18)19(24)22-15-9-17-16(8-14(15)20)25-11-26-17;;/h2-3,8-10,12H,4-7,11,20H2,1H3,(H,22,24);2*1H. The number of fused-ring (bicyclic) bond motifs is 1. The molecule has 1 fully saturated rings. The van der Waals surface area contributed by atoms with Crippen LogP contribution >= 0.6 is 24.8 Å². The molecule has 3 N–H and O–H groups in total. The molecule has 0 saturated carbocycles. The van der Waals surface area contributed by atoms with E-state index in [1.165, 1.54) is 12.8 Å². The summed E-state index contributed by atoms with van der Waals surface area (Å²) in [5.41, 5.74) is 7.38. The number of hydrogen-bond donors (Lipinski definition) is 2. The third-order valence-corrected chi connectivity index (χ3v) is 4.91. The van der Waals surface area contributed by atoms with Gasteiger partial charge in [-0.2, -0.15) is 0 Å². The van der Waals surface area contributed by atoms with Gasteiger partial charge in [0, 0.05) is 31.4 Å². The number of halogens is 2. The Labute approximate surface area is 176 Å². The van der Waals surface area contributed by atoms with Crippen LogP contribution in [-0.2, 0) is 0 Å². The first-order valence-electron chi connectivity index (χ1n) is 8.81. The van der Waals surface area contributed by atoms with Crippen molar-refractivity contribution in [2.45, 2.75) is 19.8 Å². The molecule has 0 aliphatic carbocycles. The van der Waals surface area contributed by atoms with Crippen molar-refractivity contribution in [2.75, 3.05) is 35.8 Å². The SMILES string of the molecule is CC1CCN(c2ccc(C(=O)Nc3cc4c(cc3N)OCO4)cn2)CC1.Cl.Cl. The fourth-order valence-electron chi connectivity index (χ4n) is 3.21. The molecule has 1 amide bonds. The van der Waals surface area contributed by atoms with Gasteiger partial charge >= 0.3 is 0 Å². The fourth-order valence-corrected chi connectivity index (χ4v) is 3.21. The lowest BCUT2D eigenvalue weighted by Gasteiger charge is -2.31. The minimum atomic E-state index is -0.262. The summed E-state index contributed by atoms with van der Waals surface area (Å²) < 4.78 is 10.6. The topological polar surface area (TPSA) is 89.7 Å². The molecule has 0 bridgehead atoms. The zero-order chi connectivity index (χ0) is 18.1. The van der Waals surface area contributed by atoms with Crippen molar-refractivity contribution in [3.8, 4) is 11.5 Å². The predicted octanol–water partition coefficient (Wildman–Crippen LogP) is 3.72. The summed E-state index contributed by atoms with van der Waals surface area (Å²) in [4.78, 5) is 19.2. The number of pyridine rings is 1. The van der Waals surface area contributed by atoms with Gasteiger partial charge in [0.15, 0.2) is 11.5 Å².